The van der Waals surface area contributed by atoms with Gasteiger partial charge in [-0.15, -0.1) is 0 Å². The fraction of sp³-hybridized carbons (Fsp3) is 0.409. The number of rotatable bonds is 6. The van der Waals surface area contributed by atoms with Crippen LogP contribution >= 0.6 is 0 Å². The fourth-order valence-electron chi connectivity index (χ4n) is 3.94. The van der Waals surface area contributed by atoms with Crippen molar-refractivity contribution in [2.45, 2.75) is 38.8 Å². The Morgan fingerprint density at radius 3 is 2.83 bits per heavy atom. The van der Waals surface area contributed by atoms with E-state index in [4.69, 9.17) is 0 Å². The summed E-state index contributed by atoms with van der Waals surface area (Å²) in [5.74, 6) is 1.15. The molecule has 0 bridgehead atoms. The Kier molecular flexibility index (Phi) is 5.64. The highest BCUT2D eigenvalue weighted by Gasteiger charge is 2.28. The van der Waals surface area contributed by atoms with E-state index in [2.05, 4.69) is 44.3 Å². The van der Waals surface area contributed by atoms with Gasteiger partial charge >= 0.3 is 0 Å². The van der Waals surface area contributed by atoms with E-state index in [0.717, 1.165) is 48.5 Å². The number of hydrogen-bond acceptors (Lipinski definition) is 5. The Morgan fingerprint density at radius 2 is 2.03 bits per heavy atom. The van der Waals surface area contributed by atoms with Crippen molar-refractivity contribution in [2.75, 3.05) is 23.3 Å². The van der Waals surface area contributed by atoms with E-state index < -0.39 is 0 Å². The lowest BCUT2D eigenvalue weighted by atomic mass is 10.0. The van der Waals surface area contributed by atoms with Crippen molar-refractivity contribution >= 4 is 28.4 Å². The van der Waals surface area contributed by atoms with Crippen LogP contribution in [0.5, 0.6) is 0 Å². The first-order valence-electron chi connectivity index (χ1n) is 10.3. The number of para-hydroxylation sites is 1. The van der Waals surface area contributed by atoms with Crippen LogP contribution in [0.1, 0.15) is 26.7 Å². The first-order valence-corrected chi connectivity index (χ1v) is 10.3. The number of nitrogens with one attached hydrogen (secondary N) is 3. The monoisotopic (exact) mass is 392 g/mol. The van der Waals surface area contributed by atoms with Crippen LogP contribution in [0.15, 0.2) is 48.9 Å². The van der Waals surface area contributed by atoms with Gasteiger partial charge < -0.3 is 20.5 Å². The van der Waals surface area contributed by atoms with Gasteiger partial charge in [0.05, 0.1) is 5.39 Å². The Balaban J connectivity index is 1.44. The molecule has 0 spiro atoms. The molecular formula is C22H28N6O. The van der Waals surface area contributed by atoms with Crippen LogP contribution < -0.4 is 15.5 Å². The topological polar surface area (TPSA) is 85.9 Å². The second-order valence-electron chi connectivity index (χ2n) is 7.96. The summed E-state index contributed by atoms with van der Waals surface area (Å²) in [4.78, 5) is 27.2. The number of amides is 1. The quantitative estimate of drug-likeness (QED) is 0.600. The van der Waals surface area contributed by atoms with Crippen LogP contribution in [0.25, 0.3) is 11.0 Å². The molecule has 0 aliphatic carbocycles. The molecular weight excluding hydrogens is 364 g/mol. The van der Waals surface area contributed by atoms with Crippen LogP contribution in [-0.2, 0) is 4.79 Å². The summed E-state index contributed by atoms with van der Waals surface area (Å²) in [6.07, 6.45) is 5.46. The van der Waals surface area contributed by atoms with Gasteiger partial charge in [-0.2, -0.15) is 0 Å². The average molecular weight is 393 g/mol. The van der Waals surface area contributed by atoms with Crippen molar-refractivity contribution in [3.63, 3.8) is 0 Å². The van der Waals surface area contributed by atoms with E-state index in [1.54, 1.807) is 6.33 Å². The minimum atomic E-state index is -0.275. The molecule has 29 heavy (non-hydrogen) atoms. The predicted molar refractivity (Wildman–Crippen MR) is 116 cm³/mol. The second kappa shape index (κ2) is 8.51. The van der Waals surface area contributed by atoms with Crippen LogP contribution in [-0.4, -0.2) is 46.0 Å². The van der Waals surface area contributed by atoms with Gasteiger partial charge in [-0.3, -0.25) is 4.79 Å². The maximum absolute atomic E-state index is 13.0. The van der Waals surface area contributed by atoms with Gasteiger partial charge in [-0.25, -0.2) is 9.97 Å². The van der Waals surface area contributed by atoms with E-state index in [9.17, 15) is 4.79 Å². The number of aromatic nitrogens is 3. The maximum atomic E-state index is 13.0. The number of carbonyl (C=O) groups is 1. The van der Waals surface area contributed by atoms with Gasteiger partial charge in [-0.1, -0.05) is 32.0 Å². The molecule has 4 rings (SSSR count). The van der Waals surface area contributed by atoms with Gasteiger partial charge in [0.15, 0.2) is 0 Å². The van der Waals surface area contributed by atoms with Crippen molar-refractivity contribution < 1.29 is 4.79 Å². The van der Waals surface area contributed by atoms with Crippen molar-refractivity contribution in [2.24, 2.45) is 5.92 Å². The fourth-order valence-corrected chi connectivity index (χ4v) is 3.94. The minimum Gasteiger partial charge on any atom is -0.373 e. The van der Waals surface area contributed by atoms with Crippen molar-refractivity contribution in [1.29, 1.82) is 0 Å². The molecule has 3 heterocycles. The molecule has 0 radical (unpaired) electrons. The molecule has 1 fully saturated rings. The molecule has 2 atom stereocenters. The largest absolute Gasteiger partial charge is 0.373 e. The summed E-state index contributed by atoms with van der Waals surface area (Å²) in [6, 6.07) is 11.7. The number of H-pyrrole nitrogens is 1. The summed E-state index contributed by atoms with van der Waals surface area (Å²) < 4.78 is 0. The van der Waals surface area contributed by atoms with Crippen molar-refractivity contribution in [3.8, 4) is 0 Å². The van der Waals surface area contributed by atoms with E-state index in [1.807, 2.05) is 42.6 Å². The molecule has 7 heteroatoms. The number of fused-ring (bicyclic) bond motifs is 1. The third kappa shape index (κ3) is 4.34. The molecule has 3 N–H and O–H groups in total. The summed E-state index contributed by atoms with van der Waals surface area (Å²) in [6.45, 7) is 5.81. The van der Waals surface area contributed by atoms with Gasteiger partial charge in [-0.05, 0) is 37.0 Å². The molecule has 1 aromatic carbocycles. The highest BCUT2D eigenvalue weighted by atomic mass is 16.2. The van der Waals surface area contributed by atoms with Gasteiger partial charge in [0.25, 0.3) is 0 Å². The summed E-state index contributed by atoms with van der Waals surface area (Å²) in [5.41, 5.74) is 1.80. The molecule has 1 aliphatic rings. The summed E-state index contributed by atoms with van der Waals surface area (Å²) in [7, 11) is 0. The molecule has 0 saturated carbocycles. The number of piperidine rings is 1. The molecule has 7 nitrogen and oxygen atoms in total. The number of aromatic amines is 1. The van der Waals surface area contributed by atoms with Crippen molar-refractivity contribution in [3.05, 3.63) is 48.9 Å². The Morgan fingerprint density at radius 1 is 1.21 bits per heavy atom. The molecule has 1 amide bonds. The van der Waals surface area contributed by atoms with Crippen LogP contribution in [0.2, 0.25) is 0 Å². The molecule has 3 aromatic rings. The summed E-state index contributed by atoms with van der Waals surface area (Å²) in [5, 5.41) is 7.67. The number of benzene rings is 1. The maximum Gasteiger partial charge on any atom is 0.243 e. The minimum absolute atomic E-state index is 0.0465. The molecule has 1 aliphatic heterocycles. The van der Waals surface area contributed by atoms with Gasteiger partial charge in [0.2, 0.25) is 5.91 Å². The normalized spacial score (nSPS) is 18.0. The molecule has 1 saturated heterocycles. The predicted octanol–water partition coefficient (Wildman–Crippen LogP) is 3.18. The first-order chi connectivity index (χ1) is 14.1. The lowest BCUT2D eigenvalue weighted by Crippen LogP contribution is -2.52. The number of carbonyl (C=O) groups excluding carboxylic acids is 1. The van der Waals surface area contributed by atoms with Gasteiger partial charge in [0, 0.05) is 31.0 Å². The third-order valence-electron chi connectivity index (χ3n) is 5.45. The third-order valence-corrected chi connectivity index (χ3v) is 5.45. The highest BCUT2D eigenvalue weighted by molar-refractivity contribution is 5.87. The lowest BCUT2D eigenvalue weighted by Gasteiger charge is -2.35. The van der Waals surface area contributed by atoms with E-state index in [0.29, 0.717) is 0 Å². The van der Waals surface area contributed by atoms with Crippen molar-refractivity contribution in [1.82, 2.24) is 20.3 Å². The zero-order valence-electron chi connectivity index (χ0n) is 16.9. The molecule has 2 unspecified atom stereocenters. The smallest absolute Gasteiger partial charge is 0.243 e. The summed E-state index contributed by atoms with van der Waals surface area (Å²) >= 11 is 0. The standard InChI is InChI=1S/C22H28N6O/c1-15(2)19(26-16-7-4-3-5-8-16)22(29)27-17-9-6-12-28(13-17)21-18-10-11-23-20(18)24-14-25-21/h3-5,7-8,10-11,14-15,17,19,26H,6,9,12-13H2,1-2H3,(H,27,29)(H,23,24,25). The average Bonchev–Trinajstić information content (AvgIpc) is 3.21. The first kappa shape index (κ1) is 19.2. The number of anilines is 2. The van der Waals surface area contributed by atoms with Crippen LogP contribution in [0.4, 0.5) is 11.5 Å². The van der Waals surface area contributed by atoms with E-state index >= 15 is 0 Å². The Bertz CT molecular complexity index is 954. The highest BCUT2D eigenvalue weighted by Crippen LogP contribution is 2.25. The Hall–Kier alpha value is -3.09. The lowest BCUT2D eigenvalue weighted by molar-refractivity contribution is -0.123. The van der Waals surface area contributed by atoms with E-state index in [1.165, 1.54) is 0 Å². The number of hydrogen-bond donors (Lipinski definition) is 3. The zero-order chi connectivity index (χ0) is 20.2. The van der Waals surface area contributed by atoms with E-state index in [-0.39, 0.29) is 23.9 Å². The SMILES string of the molecule is CC(C)C(Nc1ccccc1)C(=O)NC1CCCN(c2ncnc3[nH]ccc23)C1. The second-order valence-corrected chi connectivity index (χ2v) is 7.96. The van der Waals surface area contributed by atoms with Crippen LogP contribution in [0.3, 0.4) is 0 Å². The molecule has 152 valence electrons. The zero-order valence-corrected chi connectivity index (χ0v) is 16.9. The number of nitrogens with zero attached hydrogens (tertiary/aromatic N) is 3. The Labute approximate surface area is 170 Å². The molecule has 2 aromatic heterocycles. The van der Waals surface area contributed by atoms with Crippen LogP contribution in [0, 0.1) is 5.92 Å². The van der Waals surface area contributed by atoms with Gasteiger partial charge in [0.1, 0.15) is 23.8 Å².